The third kappa shape index (κ3) is 1.03. The minimum absolute atomic E-state index is 0. The van der Waals surface area contributed by atoms with Crippen molar-refractivity contribution in [2.24, 2.45) is 0 Å². The summed E-state index contributed by atoms with van der Waals surface area (Å²) < 4.78 is 3.31. The SMILES string of the molecule is Cc1cccc2sc3nncn3c12.N. The average molecular weight is 206 g/mol. The minimum Gasteiger partial charge on any atom is -0.344 e. The fraction of sp³-hybridized carbons (Fsp3) is 0.111. The number of para-hydroxylation sites is 1. The van der Waals surface area contributed by atoms with E-state index in [0.29, 0.717) is 0 Å². The molecule has 4 nitrogen and oxygen atoms in total. The van der Waals surface area contributed by atoms with E-state index in [2.05, 4.69) is 35.3 Å². The van der Waals surface area contributed by atoms with Crippen molar-refractivity contribution in [2.45, 2.75) is 6.92 Å². The molecule has 2 heterocycles. The van der Waals surface area contributed by atoms with Crippen molar-refractivity contribution in [2.75, 3.05) is 0 Å². The predicted molar refractivity (Wildman–Crippen MR) is 58.1 cm³/mol. The van der Waals surface area contributed by atoms with Gasteiger partial charge in [-0.05, 0) is 18.6 Å². The number of benzene rings is 1. The molecule has 0 atom stereocenters. The van der Waals surface area contributed by atoms with E-state index in [0.717, 1.165) is 4.96 Å². The van der Waals surface area contributed by atoms with Gasteiger partial charge >= 0.3 is 0 Å². The van der Waals surface area contributed by atoms with Gasteiger partial charge < -0.3 is 6.15 Å². The number of hydrogen-bond acceptors (Lipinski definition) is 4. The molecule has 0 aliphatic rings. The van der Waals surface area contributed by atoms with Crippen LogP contribution in [0.5, 0.6) is 0 Å². The van der Waals surface area contributed by atoms with Crippen LogP contribution in [-0.2, 0) is 0 Å². The highest BCUT2D eigenvalue weighted by Gasteiger charge is 2.06. The van der Waals surface area contributed by atoms with Crippen LogP contribution in [0, 0.1) is 6.92 Å². The van der Waals surface area contributed by atoms with Gasteiger partial charge in [-0.15, -0.1) is 10.2 Å². The molecule has 3 aromatic rings. The zero-order valence-corrected chi connectivity index (χ0v) is 8.58. The Balaban J connectivity index is 0.000000750. The minimum atomic E-state index is 0. The molecule has 0 fully saturated rings. The summed E-state index contributed by atoms with van der Waals surface area (Å²) in [4.78, 5) is 0.962. The Morgan fingerprint density at radius 1 is 1.36 bits per heavy atom. The molecular formula is C9H10N4S. The van der Waals surface area contributed by atoms with Crippen LogP contribution in [0.3, 0.4) is 0 Å². The van der Waals surface area contributed by atoms with Gasteiger partial charge in [0.05, 0.1) is 10.2 Å². The van der Waals surface area contributed by atoms with Crippen molar-refractivity contribution in [3.63, 3.8) is 0 Å². The Morgan fingerprint density at radius 2 is 2.21 bits per heavy atom. The summed E-state index contributed by atoms with van der Waals surface area (Å²) in [5.41, 5.74) is 2.50. The van der Waals surface area contributed by atoms with Crippen LogP contribution < -0.4 is 6.15 Å². The molecule has 0 unspecified atom stereocenters. The van der Waals surface area contributed by atoms with E-state index in [4.69, 9.17) is 0 Å². The van der Waals surface area contributed by atoms with Gasteiger partial charge in [-0.3, -0.25) is 4.40 Å². The molecule has 2 aromatic heterocycles. The van der Waals surface area contributed by atoms with E-state index in [1.165, 1.54) is 15.8 Å². The van der Waals surface area contributed by atoms with E-state index >= 15 is 0 Å². The third-order valence-electron chi connectivity index (χ3n) is 2.16. The lowest BCUT2D eigenvalue weighted by Crippen LogP contribution is -1.80. The second-order valence-corrected chi connectivity index (χ2v) is 4.02. The van der Waals surface area contributed by atoms with Crippen LogP contribution in [0.4, 0.5) is 0 Å². The Bertz CT molecular complexity index is 581. The first-order valence-electron chi connectivity index (χ1n) is 4.04. The van der Waals surface area contributed by atoms with Crippen LogP contribution >= 0.6 is 11.3 Å². The molecule has 3 N–H and O–H groups in total. The maximum Gasteiger partial charge on any atom is 0.217 e. The molecule has 0 saturated carbocycles. The maximum atomic E-state index is 4.03. The second kappa shape index (κ2) is 3.04. The van der Waals surface area contributed by atoms with Crippen LogP contribution in [0.15, 0.2) is 24.5 Å². The first kappa shape index (κ1) is 9.11. The molecule has 0 bridgehead atoms. The van der Waals surface area contributed by atoms with Crippen molar-refractivity contribution >= 4 is 26.5 Å². The molecule has 0 radical (unpaired) electrons. The lowest BCUT2D eigenvalue weighted by Gasteiger charge is -1.94. The van der Waals surface area contributed by atoms with Crippen LogP contribution in [0.1, 0.15) is 5.56 Å². The third-order valence-corrected chi connectivity index (χ3v) is 3.17. The van der Waals surface area contributed by atoms with Gasteiger partial charge in [0.15, 0.2) is 0 Å². The van der Waals surface area contributed by atoms with Crippen LogP contribution in [-0.4, -0.2) is 14.6 Å². The number of rotatable bonds is 0. The first-order valence-corrected chi connectivity index (χ1v) is 4.86. The van der Waals surface area contributed by atoms with Gasteiger partial charge in [0.25, 0.3) is 0 Å². The molecule has 72 valence electrons. The van der Waals surface area contributed by atoms with Gasteiger partial charge in [-0.1, -0.05) is 23.5 Å². The van der Waals surface area contributed by atoms with Crippen LogP contribution in [0.2, 0.25) is 0 Å². The summed E-state index contributed by atoms with van der Waals surface area (Å²) >= 11 is 1.67. The molecule has 0 aliphatic heterocycles. The normalized spacial score (nSPS) is 10.6. The van der Waals surface area contributed by atoms with E-state index in [9.17, 15) is 0 Å². The fourth-order valence-electron chi connectivity index (χ4n) is 1.57. The maximum absolute atomic E-state index is 4.03. The van der Waals surface area contributed by atoms with E-state index in [-0.39, 0.29) is 6.15 Å². The van der Waals surface area contributed by atoms with Crippen LogP contribution in [0.25, 0.3) is 15.2 Å². The molecular weight excluding hydrogens is 196 g/mol. The van der Waals surface area contributed by atoms with Crippen molar-refractivity contribution in [3.05, 3.63) is 30.1 Å². The van der Waals surface area contributed by atoms with Crippen molar-refractivity contribution in [1.82, 2.24) is 20.7 Å². The zero-order chi connectivity index (χ0) is 8.84. The smallest absolute Gasteiger partial charge is 0.217 e. The van der Waals surface area contributed by atoms with Gasteiger partial charge in [-0.2, -0.15) is 0 Å². The summed E-state index contributed by atoms with van der Waals surface area (Å²) in [6.45, 7) is 2.11. The summed E-state index contributed by atoms with van der Waals surface area (Å²) in [5.74, 6) is 0. The number of thiazole rings is 1. The lowest BCUT2D eigenvalue weighted by atomic mass is 10.2. The zero-order valence-electron chi connectivity index (χ0n) is 7.77. The second-order valence-electron chi connectivity index (χ2n) is 3.01. The number of aromatic nitrogens is 3. The van der Waals surface area contributed by atoms with Gasteiger partial charge in [0.1, 0.15) is 6.33 Å². The highest BCUT2D eigenvalue weighted by molar-refractivity contribution is 7.23. The molecule has 0 amide bonds. The van der Waals surface area contributed by atoms with Crippen molar-refractivity contribution in [3.8, 4) is 0 Å². The standard InChI is InChI=1S/C9H7N3S.H3N/c1-6-3-2-4-7-8(6)12-5-10-11-9(12)13-7;/h2-5H,1H3;1H3. The molecule has 0 spiro atoms. The molecule has 14 heavy (non-hydrogen) atoms. The molecule has 5 heteroatoms. The van der Waals surface area contributed by atoms with Gasteiger partial charge in [0.2, 0.25) is 4.96 Å². The highest BCUT2D eigenvalue weighted by atomic mass is 32.1. The first-order chi connectivity index (χ1) is 6.36. The predicted octanol–water partition coefficient (Wildman–Crippen LogP) is 2.41. The summed E-state index contributed by atoms with van der Waals surface area (Å²) in [5, 5.41) is 7.90. The summed E-state index contributed by atoms with van der Waals surface area (Å²) in [6.07, 6.45) is 1.77. The van der Waals surface area contributed by atoms with E-state index < -0.39 is 0 Å². The van der Waals surface area contributed by atoms with Crippen molar-refractivity contribution in [1.29, 1.82) is 0 Å². The Kier molecular flexibility index (Phi) is 1.98. The monoisotopic (exact) mass is 206 g/mol. The quantitative estimate of drug-likeness (QED) is 0.614. The number of hydrogen-bond donors (Lipinski definition) is 1. The molecule has 0 saturated heterocycles. The number of aryl methyl sites for hydroxylation is 1. The summed E-state index contributed by atoms with van der Waals surface area (Å²) in [7, 11) is 0. The lowest BCUT2D eigenvalue weighted by molar-refractivity contribution is 1.11. The summed E-state index contributed by atoms with van der Waals surface area (Å²) in [6, 6.07) is 6.29. The molecule has 0 aliphatic carbocycles. The van der Waals surface area contributed by atoms with Crippen molar-refractivity contribution < 1.29 is 0 Å². The van der Waals surface area contributed by atoms with E-state index in [1.807, 2.05) is 4.40 Å². The van der Waals surface area contributed by atoms with E-state index in [1.54, 1.807) is 17.7 Å². The number of fused-ring (bicyclic) bond motifs is 3. The number of nitrogens with zero attached hydrogens (tertiary/aromatic N) is 3. The highest BCUT2D eigenvalue weighted by Crippen LogP contribution is 2.26. The topological polar surface area (TPSA) is 65.2 Å². The average Bonchev–Trinajstić information content (AvgIpc) is 2.62. The van der Waals surface area contributed by atoms with Gasteiger partial charge in [-0.25, -0.2) is 0 Å². The largest absolute Gasteiger partial charge is 0.344 e. The Labute approximate surface area is 84.8 Å². The Hall–Kier alpha value is -1.46. The molecule has 3 rings (SSSR count). The fourth-order valence-corrected chi connectivity index (χ4v) is 2.59. The molecule has 1 aromatic carbocycles. The Morgan fingerprint density at radius 3 is 3.07 bits per heavy atom. The van der Waals surface area contributed by atoms with Gasteiger partial charge in [0, 0.05) is 0 Å².